The number of aryl methyl sites for hydroxylation is 2. The van der Waals surface area contributed by atoms with E-state index in [1.807, 2.05) is 20.9 Å². The fourth-order valence-corrected chi connectivity index (χ4v) is 3.33. The molecule has 1 N–H and O–H groups in total. The van der Waals surface area contributed by atoms with Gasteiger partial charge < -0.3 is 0 Å². The van der Waals surface area contributed by atoms with Crippen molar-refractivity contribution in [2.24, 2.45) is 7.05 Å². The van der Waals surface area contributed by atoms with E-state index in [1.54, 1.807) is 22.9 Å². The van der Waals surface area contributed by atoms with E-state index in [0.29, 0.717) is 14.9 Å². The number of aromatic nitrogens is 2. The van der Waals surface area contributed by atoms with E-state index in [2.05, 4.69) is 9.82 Å². The van der Waals surface area contributed by atoms with Gasteiger partial charge in [-0.2, -0.15) is 5.10 Å². The van der Waals surface area contributed by atoms with Gasteiger partial charge in [-0.15, -0.1) is 0 Å². The van der Waals surface area contributed by atoms with Gasteiger partial charge >= 0.3 is 0 Å². The van der Waals surface area contributed by atoms with Crippen LogP contribution in [0.25, 0.3) is 0 Å². The molecule has 2 aromatic rings. The zero-order chi connectivity index (χ0) is 14.2. The van der Waals surface area contributed by atoms with Crippen LogP contribution < -0.4 is 4.72 Å². The maximum absolute atomic E-state index is 12.3. The van der Waals surface area contributed by atoms with E-state index in [9.17, 15) is 4.21 Å². The van der Waals surface area contributed by atoms with Crippen molar-refractivity contribution in [3.63, 3.8) is 0 Å². The monoisotopic (exact) mass is 317 g/mol. The van der Waals surface area contributed by atoms with E-state index < -0.39 is 11.0 Å². The van der Waals surface area contributed by atoms with Crippen molar-refractivity contribution in [3.8, 4) is 0 Å². The number of hydrogen-bond donors (Lipinski definition) is 1. The molecule has 0 bridgehead atoms. The lowest BCUT2D eigenvalue weighted by molar-refractivity contribution is 0.686. The first-order valence-corrected chi connectivity index (χ1v) is 7.45. The van der Waals surface area contributed by atoms with Crippen molar-refractivity contribution < 1.29 is 4.21 Å². The highest BCUT2D eigenvalue weighted by atomic mass is 35.5. The molecule has 0 aliphatic carbocycles. The van der Waals surface area contributed by atoms with Crippen LogP contribution in [0.2, 0.25) is 10.0 Å². The number of halogens is 2. The van der Waals surface area contributed by atoms with Crippen LogP contribution in [-0.2, 0) is 18.0 Å². The lowest BCUT2D eigenvalue weighted by atomic mass is 10.3. The molecule has 1 aromatic heterocycles. The van der Waals surface area contributed by atoms with Crippen LogP contribution in [0.15, 0.2) is 23.1 Å². The minimum absolute atomic E-state index is 0.300. The Morgan fingerprint density at radius 3 is 2.58 bits per heavy atom. The molecule has 0 amide bonds. The second kappa shape index (κ2) is 5.53. The van der Waals surface area contributed by atoms with Crippen LogP contribution >= 0.6 is 23.2 Å². The fraction of sp³-hybridized carbons (Fsp3) is 0.250. The third-order valence-electron chi connectivity index (χ3n) is 2.82. The Kier molecular flexibility index (Phi) is 4.18. The van der Waals surface area contributed by atoms with Crippen LogP contribution in [-0.4, -0.2) is 14.0 Å². The summed E-state index contributed by atoms with van der Waals surface area (Å²) in [5.41, 5.74) is 2.44. The molecule has 102 valence electrons. The molecule has 0 aliphatic rings. The Hall–Kier alpha value is -1.04. The van der Waals surface area contributed by atoms with E-state index in [4.69, 9.17) is 23.2 Å². The predicted octanol–water partition coefficient (Wildman–Crippen LogP) is 3.48. The maximum Gasteiger partial charge on any atom is 0.151 e. The smallest absolute Gasteiger partial charge is 0.151 e. The molecule has 1 heterocycles. The van der Waals surface area contributed by atoms with Gasteiger partial charge in [-0.3, -0.25) is 9.40 Å². The van der Waals surface area contributed by atoms with Gasteiger partial charge in [-0.1, -0.05) is 29.3 Å². The van der Waals surface area contributed by atoms with Gasteiger partial charge in [-0.25, -0.2) is 4.21 Å². The lowest BCUT2D eigenvalue weighted by Crippen LogP contribution is -2.07. The first-order valence-electron chi connectivity index (χ1n) is 5.54. The quantitative estimate of drug-likeness (QED) is 0.942. The predicted molar refractivity (Wildman–Crippen MR) is 79.2 cm³/mol. The van der Waals surface area contributed by atoms with Crippen molar-refractivity contribution >= 4 is 39.9 Å². The Labute approximate surface area is 124 Å². The normalized spacial score (nSPS) is 12.5. The Morgan fingerprint density at radius 2 is 2.00 bits per heavy atom. The number of anilines is 1. The third-order valence-corrected chi connectivity index (χ3v) is 4.88. The summed E-state index contributed by atoms with van der Waals surface area (Å²) in [5.74, 6) is 0. The number of benzene rings is 1. The van der Waals surface area contributed by atoms with Crippen LogP contribution in [0.5, 0.6) is 0 Å². The molecule has 2 rings (SSSR count). The molecule has 1 unspecified atom stereocenters. The van der Waals surface area contributed by atoms with Gasteiger partial charge in [0.05, 0.1) is 32.0 Å². The molecule has 0 spiro atoms. The SMILES string of the molecule is Cc1nn(C)c(C)c1NS(=O)c1cccc(Cl)c1Cl. The zero-order valence-corrected chi connectivity index (χ0v) is 13.0. The summed E-state index contributed by atoms with van der Waals surface area (Å²) in [6, 6.07) is 5.05. The number of hydrogen-bond acceptors (Lipinski definition) is 2. The van der Waals surface area contributed by atoms with Crippen LogP contribution in [0.4, 0.5) is 5.69 Å². The molecule has 4 nitrogen and oxygen atoms in total. The van der Waals surface area contributed by atoms with Crippen molar-refractivity contribution in [1.29, 1.82) is 0 Å². The van der Waals surface area contributed by atoms with E-state index in [-0.39, 0.29) is 0 Å². The number of nitrogens with zero attached hydrogens (tertiary/aromatic N) is 2. The van der Waals surface area contributed by atoms with Gasteiger partial charge in [0.1, 0.15) is 0 Å². The molecule has 1 aromatic carbocycles. The van der Waals surface area contributed by atoms with Gasteiger partial charge in [0.25, 0.3) is 0 Å². The molecule has 1 atom stereocenters. The Morgan fingerprint density at radius 1 is 1.32 bits per heavy atom. The minimum atomic E-state index is -1.48. The lowest BCUT2D eigenvalue weighted by Gasteiger charge is -2.08. The molecule has 0 saturated carbocycles. The van der Waals surface area contributed by atoms with Crippen molar-refractivity contribution in [1.82, 2.24) is 9.78 Å². The first-order chi connectivity index (χ1) is 8.91. The standard InChI is InChI=1S/C12H13Cl2N3OS/c1-7-12(8(2)17(3)15-7)16-19(18)10-6-4-5-9(13)11(10)14/h4-6,16H,1-3H3. The summed E-state index contributed by atoms with van der Waals surface area (Å²) in [6.07, 6.45) is 0. The second-order valence-corrected chi connectivity index (χ2v) is 6.06. The summed E-state index contributed by atoms with van der Waals surface area (Å²) in [5, 5.41) is 4.94. The maximum atomic E-state index is 12.3. The molecule has 0 saturated heterocycles. The molecular formula is C12H13Cl2N3OS. The molecule has 0 fully saturated rings. The minimum Gasteiger partial charge on any atom is -0.298 e. The third kappa shape index (κ3) is 2.78. The average molecular weight is 318 g/mol. The van der Waals surface area contributed by atoms with Crippen LogP contribution in [0, 0.1) is 13.8 Å². The topological polar surface area (TPSA) is 46.9 Å². The van der Waals surface area contributed by atoms with Gasteiger partial charge in [0, 0.05) is 7.05 Å². The van der Waals surface area contributed by atoms with Crippen molar-refractivity contribution in [2.75, 3.05) is 4.72 Å². The molecule has 0 radical (unpaired) electrons. The van der Waals surface area contributed by atoms with E-state index in [0.717, 1.165) is 17.1 Å². The summed E-state index contributed by atoms with van der Waals surface area (Å²) in [4.78, 5) is 0.455. The summed E-state index contributed by atoms with van der Waals surface area (Å²) in [7, 11) is 0.353. The van der Waals surface area contributed by atoms with Gasteiger partial charge in [0.2, 0.25) is 0 Å². The zero-order valence-electron chi connectivity index (χ0n) is 10.7. The van der Waals surface area contributed by atoms with E-state index >= 15 is 0 Å². The highest BCUT2D eigenvalue weighted by Crippen LogP contribution is 2.29. The van der Waals surface area contributed by atoms with Crippen molar-refractivity contribution in [3.05, 3.63) is 39.6 Å². The fourth-order valence-electron chi connectivity index (χ4n) is 1.70. The Balaban J connectivity index is 2.34. The highest BCUT2D eigenvalue weighted by Gasteiger charge is 2.15. The number of nitrogens with one attached hydrogen (secondary N) is 1. The van der Waals surface area contributed by atoms with Crippen molar-refractivity contribution in [2.45, 2.75) is 18.7 Å². The average Bonchev–Trinajstić information content (AvgIpc) is 2.59. The largest absolute Gasteiger partial charge is 0.298 e. The second-order valence-electron chi connectivity index (χ2n) is 4.09. The molecule has 0 aliphatic heterocycles. The van der Waals surface area contributed by atoms with Crippen LogP contribution in [0.1, 0.15) is 11.4 Å². The first kappa shape index (κ1) is 14.4. The highest BCUT2D eigenvalue weighted by molar-refractivity contribution is 7.86. The van der Waals surface area contributed by atoms with Gasteiger partial charge in [0.15, 0.2) is 11.0 Å². The van der Waals surface area contributed by atoms with Gasteiger partial charge in [-0.05, 0) is 26.0 Å². The summed E-state index contributed by atoms with van der Waals surface area (Å²) < 4.78 is 17.0. The Bertz CT molecular complexity index is 655. The molecule has 7 heteroatoms. The molecular weight excluding hydrogens is 305 g/mol. The molecule has 19 heavy (non-hydrogen) atoms. The van der Waals surface area contributed by atoms with E-state index in [1.165, 1.54) is 0 Å². The summed E-state index contributed by atoms with van der Waals surface area (Å²) >= 11 is 12.0. The van der Waals surface area contributed by atoms with Crippen LogP contribution in [0.3, 0.4) is 0 Å². The number of rotatable bonds is 3. The summed E-state index contributed by atoms with van der Waals surface area (Å²) in [6.45, 7) is 3.76.